The third-order valence-corrected chi connectivity index (χ3v) is 5.52. The topological polar surface area (TPSA) is 85.8 Å². The molecule has 154 valence electrons. The van der Waals surface area contributed by atoms with Crippen molar-refractivity contribution in [3.05, 3.63) is 29.8 Å². The molecular formula is C19H26Cl2FN5O. The molecule has 28 heavy (non-hydrogen) atoms. The molecule has 0 radical (unpaired) electrons. The number of nitrogens with zero attached hydrogens (tertiary/aromatic N) is 3. The fourth-order valence-electron chi connectivity index (χ4n) is 3.95. The van der Waals surface area contributed by atoms with E-state index in [0.29, 0.717) is 29.9 Å². The number of anilines is 1. The summed E-state index contributed by atoms with van der Waals surface area (Å²) in [4.78, 5) is 12.5. The number of fused-ring (bicyclic) bond motifs is 1. The van der Waals surface area contributed by atoms with Crippen LogP contribution in [0.25, 0.3) is 11.4 Å². The molecule has 0 unspecified atom stereocenters. The molecule has 9 heteroatoms. The minimum atomic E-state index is -0.819. The number of rotatable bonds is 3. The maximum atomic E-state index is 14.5. The number of carbonyl (C=O) groups excluding carboxylic acids is 1. The lowest BCUT2D eigenvalue weighted by Crippen LogP contribution is -2.48. The van der Waals surface area contributed by atoms with E-state index >= 15 is 0 Å². The van der Waals surface area contributed by atoms with Crippen LogP contribution in [0, 0.1) is 5.82 Å². The van der Waals surface area contributed by atoms with Crippen molar-refractivity contribution in [2.24, 2.45) is 5.73 Å². The maximum absolute atomic E-state index is 14.5. The van der Waals surface area contributed by atoms with Gasteiger partial charge in [0.05, 0.1) is 11.1 Å². The standard InChI is InChI=1S/C19H24FN5O.2ClH/c20-15-8-7-13(22-18(26)19(21)9-3-4-10-19)12-14(15)17-24-23-16-6-2-1-5-11-25(16)17;;/h7-8,12H,1-6,9-11,21H2,(H,22,26);2*1H. The van der Waals surface area contributed by atoms with Crippen LogP contribution in [-0.2, 0) is 17.8 Å². The van der Waals surface area contributed by atoms with E-state index in [4.69, 9.17) is 5.73 Å². The predicted molar refractivity (Wildman–Crippen MR) is 111 cm³/mol. The Labute approximate surface area is 176 Å². The predicted octanol–water partition coefficient (Wildman–Crippen LogP) is 3.86. The molecule has 4 rings (SSSR count). The number of aromatic nitrogens is 3. The van der Waals surface area contributed by atoms with E-state index in [0.717, 1.165) is 50.9 Å². The average molecular weight is 430 g/mol. The van der Waals surface area contributed by atoms with Gasteiger partial charge in [-0.05, 0) is 43.9 Å². The lowest BCUT2D eigenvalue weighted by molar-refractivity contribution is -0.121. The first-order valence-electron chi connectivity index (χ1n) is 9.39. The van der Waals surface area contributed by atoms with Gasteiger partial charge in [-0.15, -0.1) is 35.0 Å². The zero-order chi connectivity index (χ0) is 18.1. The Hall–Kier alpha value is -1.70. The Morgan fingerprint density at radius 1 is 1.11 bits per heavy atom. The van der Waals surface area contributed by atoms with Crippen molar-refractivity contribution in [3.8, 4) is 11.4 Å². The summed E-state index contributed by atoms with van der Waals surface area (Å²) in [6.07, 6.45) is 7.41. The number of halogens is 3. The van der Waals surface area contributed by atoms with Crippen molar-refractivity contribution in [1.29, 1.82) is 0 Å². The summed E-state index contributed by atoms with van der Waals surface area (Å²) < 4.78 is 16.5. The molecule has 1 amide bonds. The number of amides is 1. The summed E-state index contributed by atoms with van der Waals surface area (Å²) in [6, 6.07) is 4.56. The number of nitrogens with two attached hydrogens (primary N) is 1. The molecule has 1 aliphatic heterocycles. The summed E-state index contributed by atoms with van der Waals surface area (Å²) in [5.41, 5.74) is 6.29. The number of benzene rings is 1. The highest BCUT2D eigenvalue weighted by Gasteiger charge is 2.37. The Bertz CT molecular complexity index is 836. The number of hydrogen-bond donors (Lipinski definition) is 2. The van der Waals surface area contributed by atoms with Gasteiger partial charge < -0.3 is 15.6 Å². The van der Waals surface area contributed by atoms with Crippen molar-refractivity contribution >= 4 is 36.4 Å². The molecule has 0 bridgehead atoms. The first-order valence-corrected chi connectivity index (χ1v) is 9.39. The van der Waals surface area contributed by atoms with Crippen molar-refractivity contribution in [3.63, 3.8) is 0 Å². The van der Waals surface area contributed by atoms with E-state index in [9.17, 15) is 9.18 Å². The molecule has 0 spiro atoms. The van der Waals surface area contributed by atoms with Crippen LogP contribution in [0.4, 0.5) is 10.1 Å². The SMILES string of the molecule is Cl.Cl.NC1(C(=O)Nc2ccc(F)c(-c3nnc4n3CCCCC4)c2)CCCC1. The van der Waals surface area contributed by atoms with E-state index in [2.05, 4.69) is 15.5 Å². The number of carbonyl (C=O) groups is 1. The van der Waals surface area contributed by atoms with Crippen molar-refractivity contribution < 1.29 is 9.18 Å². The number of aryl methyl sites for hydroxylation is 1. The molecule has 2 heterocycles. The lowest BCUT2D eigenvalue weighted by Gasteiger charge is -2.22. The molecular weight excluding hydrogens is 404 g/mol. The minimum absolute atomic E-state index is 0. The van der Waals surface area contributed by atoms with Crippen LogP contribution in [0.5, 0.6) is 0 Å². The molecule has 1 fully saturated rings. The Morgan fingerprint density at radius 3 is 2.61 bits per heavy atom. The maximum Gasteiger partial charge on any atom is 0.244 e. The molecule has 0 saturated heterocycles. The fourth-order valence-corrected chi connectivity index (χ4v) is 3.95. The van der Waals surface area contributed by atoms with Crippen LogP contribution in [0.1, 0.15) is 50.8 Å². The van der Waals surface area contributed by atoms with E-state index < -0.39 is 5.54 Å². The molecule has 2 aliphatic rings. The molecule has 1 aromatic heterocycles. The zero-order valence-corrected chi connectivity index (χ0v) is 17.3. The van der Waals surface area contributed by atoms with Gasteiger partial charge in [-0.1, -0.05) is 19.3 Å². The summed E-state index contributed by atoms with van der Waals surface area (Å²) in [5, 5.41) is 11.3. The molecule has 1 saturated carbocycles. The molecule has 1 aromatic carbocycles. The second-order valence-electron chi connectivity index (χ2n) is 7.41. The van der Waals surface area contributed by atoms with E-state index in [-0.39, 0.29) is 36.5 Å². The first-order chi connectivity index (χ1) is 12.6. The van der Waals surface area contributed by atoms with Gasteiger partial charge in [0.1, 0.15) is 11.6 Å². The Balaban J connectivity index is 0.00000140. The van der Waals surface area contributed by atoms with Gasteiger partial charge in [0.2, 0.25) is 5.91 Å². The monoisotopic (exact) mass is 429 g/mol. The van der Waals surface area contributed by atoms with E-state index in [1.807, 2.05) is 4.57 Å². The quantitative estimate of drug-likeness (QED) is 0.774. The van der Waals surface area contributed by atoms with Gasteiger partial charge in [-0.2, -0.15) is 0 Å². The average Bonchev–Trinajstić information content (AvgIpc) is 3.17. The third kappa shape index (κ3) is 4.31. The largest absolute Gasteiger partial charge is 0.324 e. The summed E-state index contributed by atoms with van der Waals surface area (Å²) in [5.74, 6) is 0.857. The van der Waals surface area contributed by atoms with Gasteiger partial charge in [0.25, 0.3) is 0 Å². The number of nitrogens with one attached hydrogen (secondary N) is 1. The highest BCUT2D eigenvalue weighted by atomic mass is 35.5. The van der Waals surface area contributed by atoms with Gasteiger partial charge in [-0.3, -0.25) is 4.79 Å². The van der Waals surface area contributed by atoms with Crippen LogP contribution < -0.4 is 11.1 Å². The lowest BCUT2D eigenvalue weighted by atomic mass is 9.98. The number of hydrogen-bond acceptors (Lipinski definition) is 4. The highest BCUT2D eigenvalue weighted by Crippen LogP contribution is 2.30. The van der Waals surface area contributed by atoms with E-state index in [1.54, 1.807) is 12.1 Å². The van der Waals surface area contributed by atoms with Crippen LogP contribution in [0.3, 0.4) is 0 Å². The van der Waals surface area contributed by atoms with Gasteiger partial charge in [0, 0.05) is 18.7 Å². The van der Waals surface area contributed by atoms with Crippen molar-refractivity contribution in [1.82, 2.24) is 14.8 Å². The summed E-state index contributed by atoms with van der Waals surface area (Å²) >= 11 is 0. The second kappa shape index (κ2) is 9.20. The van der Waals surface area contributed by atoms with Gasteiger partial charge >= 0.3 is 0 Å². The van der Waals surface area contributed by atoms with Crippen molar-refractivity contribution in [2.75, 3.05) is 5.32 Å². The Kier molecular flexibility index (Phi) is 7.42. The highest BCUT2D eigenvalue weighted by molar-refractivity contribution is 5.98. The smallest absolute Gasteiger partial charge is 0.244 e. The fraction of sp³-hybridized carbons (Fsp3) is 0.526. The van der Waals surface area contributed by atoms with Crippen LogP contribution >= 0.6 is 24.8 Å². The van der Waals surface area contributed by atoms with Gasteiger partial charge in [-0.25, -0.2) is 4.39 Å². The van der Waals surface area contributed by atoms with Gasteiger partial charge in [0.15, 0.2) is 5.82 Å². The first kappa shape index (κ1) is 22.6. The summed E-state index contributed by atoms with van der Waals surface area (Å²) in [6.45, 7) is 0.791. The molecule has 1 aliphatic carbocycles. The molecule has 0 atom stereocenters. The van der Waals surface area contributed by atoms with Crippen LogP contribution in [0.15, 0.2) is 18.2 Å². The zero-order valence-electron chi connectivity index (χ0n) is 15.6. The molecule has 3 N–H and O–H groups in total. The Morgan fingerprint density at radius 2 is 1.86 bits per heavy atom. The molecule has 2 aromatic rings. The summed E-state index contributed by atoms with van der Waals surface area (Å²) in [7, 11) is 0. The van der Waals surface area contributed by atoms with Crippen molar-refractivity contribution in [2.45, 2.75) is 63.5 Å². The minimum Gasteiger partial charge on any atom is -0.324 e. The van der Waals surface area contributed by atoms with Crippen LogP contribution in [0.2, 0.25) is 0 Å². The van der Waals surface area contributed by atoms with E-state index in [1.165, 1.54) is 6.07 Å². The normalized spacial score (nSPS) is 17.6. The third-order valence-electron chi connectivity index (χ3n) is 5.52. The molecule has 6 nitrogen and oxygen atoms in total. The van der Waals surface area contributed by atoms with Crippen LogP contribution in [-0.4, -0.2) is 26.2 Å². The second-order valence-corrected chi connectivity index (χ2v) is 7.41.